The summed E-state index contributed by atoms with van der Waals surface area (Å²) in [5, 5.41) is 0. The molecule has 0 aliphatic carbocycles. The lowest BCUT2D eigenvalue weighted by Gasteiger charge is -2.33. The maximum absolute atomic E-state index is 10.7. The van der Waals surface area contributed by atoms with Crippen LogP contribution in [0.25, 0.3) is 0 Å². The number of nitrogens with zero attached hydrogens (tertiary/aromatic N) is 2. The van der Waals surface area contributed by atoms with E-state index in [4.69, 9.17) is 0 Å². The van der Waals surface area contributed by atoms with Crippen molar-refractivity contribution in [1.29, 1.82) is 0 Å². The lowest BCUT2D eigenvalue weighted by atomic mass is 9.98. The highest BCUT2D eigenvalue weighted by Crippen LogP contribution is 2.25. The van der Waals surface area contributed by atoms with Crippen LogP contribution in [-0.4, -0.2) is 24.4 Å². The third-order valence-corrected chi connectivity index (χ3v) is 3.34. The van der Waals surface area contributed by atoms with Crippen molar-refractivity contribution in [1.82, 2.24) is 4.98 Å². The zero-order valence-electron chi connectivity index (χ0n) is 9.94. The first-order valence-electron chi connectivity index (χ1n) is 5.87. The van der Waals surface area contributed by atoms with Crippen molar-refractivity contribution in [2.24, 2.45) is 5.92 Å². The molecular formula is C13H18N2O. The second-order valence-electron chi connectivity index (χ2n) is 4.68. The third kappa shape index (κ3) is 2.23. The van der Waals surface area contributed by atoms with Crippen molar-refractivity contribution >= 4 is 12.0 Å². The number of pyridine rings is 1. The van der Waals surface area contributed by atoms with Gasteiger partial charge in [0.2, 0.25) is 0 Å². The van der Waals surface area contributed by atoms with Crippen LogP contribution in [0.2, 0.25) is 0 Å². The molecule has 0 bridgehead atoms. The fourth-order valence-electron chi connectivity index (χ4n) is 2.18. The molecule has 0 radical (unpaired) electrons. The number of aromatic nitrogens is 1. The van der Waals surface area contributed by atoms with E-state index in [0.717, 1.165) is 30.9 Å². The Hall–Kier alpha value is -1.38. The van der Waals surface area contributed by atoms with Crippen molar-refractivity contribution in [2.45, 2.75) is 26.7 Å². The van der Waals surface area contributed by atoms with Gasteiger partial charge >= 0.3 is 0 Å². The van der Waals surface area contributed by atoms with Gasteiger partial charge in [-0.2, -0.15) is 0 Å². The number of aryl methyl sites for hydroxylation is 1. The maximum Gasteiger partial charge on any atom is 0.168 e. The molecule has 0 amide bonds. The van der Waals surface area contributed by atoms with E-state index < -0.39 is 0 Å². The molecule has 1 aliphatic rings. The summed E-state index contributed by atoms with van der Waals surface area (Å²) in [5.41, 5.74) is 2.85. The van der Waals surface area contributed by atoms with E-state index >= 15 is 0 Å². The van der Waals surface area contributed by atoms with E-state index in [9.17, 15) is 4.79 Å². The number of rotatable bonds is 2. The Balaban J connectivity index is 2.22. The predicted molar refractivity (Wildman–Crippen MR) is 65.0 cm³/mol. The summed E-state index contributed by atoms with van der Waals surface area (Å²) in [5.74, 6) is 0.823. The summed E-state index contributed by atoms with van der Waals surface area (Å²) >= 11 is 0. The zero-order valence-corrected chi connectivity index (χ0v) is 9.94. The van der Waals surface area contributed by atoms with E-state index in [2.05, 4.69) is 23.7 Å². The van der Waals surface area contributed by atoms with Crippen LogP contribution in [0.15, 0.2) is 12.3 Å². The Morgan fingerprint density at radius 1 is 1.44 bits per heavy atom. The van der Waals surface area contributed by atoms with Crippen LogP contribution in [-0.2, 0) is 0 Å². The summed E-state index contributed by atoms with van der Waals surface area (Å²) in [6, 6.07) is 1.90. The molecule has 0 spiro atoms. The van der Waals surface area contributed by atoms with Crippen molar-refractivity contribution in [3.8, 4) is 0 Å². The number of carbonyl (C=O) groups excluding carboxylic acids is 1. The first-order chi connectivity index (χ1) is 7.70. The zero-order chi connectivity index (χ0) is 11.5. The largest absolute Gasteiger partial charge is 0.371 e. The van der Waals surface area contributed by atoms with Gasteiger partial charge in [-0.1, -0.05) is 6.92 Å². The minimum atomic E-state index is 0.527. The smallest absolute Gasteiger partial charge is 0.168 e. The number of carbonyl (C=O) groups is 1. The molecule has 0 atom stereocenters. The molecule has 1 aromatic heterocycles. The Morgan fingerprint density at radius 3 is 2.75 bits per heavy atom. The SMILES string of the molecule is Cc1cnc(C=O)cc1N1CCC(C)CC1. The minimum absolute atomic E-state index is 0.527. The number of hydrogen-bond donors (Lipinski definition) is 0. The van der Waals surface area contributed by atoms with Gasteiger partial charge in [-0.05, 0) is 37.3 Å². The average molecular weight is 218 g/mol. The normalized spacial score (nSPS) is 17.5. The Morgan fingerprint density at radius 2 is 2.12 bits per heavy atom. The van der Waals surface area contributed by atoms with E-state index in [1.165, 1.54) is 18.5 Å². The number of piperidine rings is 1. The molecule has 1 aliphatic heterocycles. The minimum Gasteiger partial charge on any atom is -0.371 e. The second-order valence-corrected chi connectivity index (χ2v) is 4.68. The van der Waals surface area contributed by atoms with Gasteiger partial charge in [-0.25, -0.2) is 0 Å². The number of hydrogen-bond acceptors (Lipinski definition) is 3. The van der Waals surface area contributed by atoms with Crippen LogP contribution in [0.3, 0.4) is 0 Å². The first-order valence-corrected chi connectivity index (χ1v) is 5.87. The van der Waals surface area contributed by atoms with Crippen LogP contribution in [0.4, 0.5) is 5.69 Å². The fraction of sp³-hybridized carbons (Fsp3) is 0.538. The van der Waals surface area contributed by atoms with Crippen LogP contribution in [0, 0.1) is 12.8 Å². The number of anilines is 1. The van der Waals surface area contributed by atoms with Gasteiger partial charge in [0.05, 0.1) is 0 Å². The van der Waals surface area contributed by atoms with E-state index in [1.807, 2.05) is 6.07 Å². The van der Waals surface area contributed by atoms with Gasteiger partial charge in [0.15, 0.2) is 6.29 Å². The standard InChI is InChI=1S/C13H18N2O/c1-10-3-5-15(6-4-10)13-7-12(9-16)14-8-11(13)2/h7-10H,3-6H2,1-2H3. The molecule has 2 heterocycles. The van der Waals surface area contributed by atoms with Crippen molar-refractivity contribution < 1.29 is 4.79 Å². The Kier molecular flexibility index (Phi) is 3.22. The van der Waals surface area contributed by atoms with Gasteiger partial charge in [0.1, 0.15) is 5.69 Å². The van der Waals surface area contributed by atoms with Crippen molar-refractivity contribution in [3.63, 3.8) is 0 Å². The molecule has 1 fully saturated rings. The monoisotopic (exact) mass is 218 g/mol. The highest BCUT2D eigenvalue weighted by Gasteiger charge is 2.17. The highest BCUT2D eigenvalue weighted by molar-refractivity contribution is 5.74. The fourth-order valence-corrected chi connectivity index (χ4v) is 2.18. The van der Waals surface area contributed by atoms with Crippen LogP contribution >= 0.6 is 0 Å². The molecule has 1 aromatic rings. The summed E-state index contributed by atoms with van der Waals surface area (Å²) in [4.78, 5) is 17.2. The molecule has 0 aromatic carbocycles. The summed E-state index contributed by atoms with van der Waals surface area (Å²) in [6.45, 7) is 6.52. The molecule has 0 N–H and O–H groups in total. The molecular weight excluding hydrogens is 200 g/mol. The lowest BCUT2D eigenvalue weighted by molar-refractivity contribution is 0.111. The maximum atomic E-state index is 10.7. The molecule has 3 nitrogen and oxygen atoms in total. The average Bonchev–Trinajstić information content (AvgIpc) is 2.31. The quantitative estimate of drug-likeness (QED) is 0.715. The first kappa shape index (κ1) is 11.1. The Labute approximate surface area is 96.5 Å². The van der Waals surface area contributed by atoms with Crippen molar-refractivity contribution in [3.05, 3.63) is 23.5 Å². The summed E-state index contributed by atoms with van der Waals surface area (Å²) in [6.07, 6.45) is 5.07. The van der Waals surface area contributed by atoms with Crippen molar-refractivity contribution in [2.75, 3.05) is 18.0 Å². The molecule has 2 rings (SSSR count). The molecule has 16 heavy (non-hydrogen) atoms. The van der Waals surface area contributed by atoms with Gasteiger partial charge in [0.25, 0.3) is 0 Å². The van der Waals surface area contributed by atoms with Crippen LogP contribution < -0.4 is 4.90 Å². The van der Waals surface area contributed by atoms with E-state index in [0.29, 0.717) is 5.69 Å². The predicted octanol–water partition coefficient (Wildman–Crippen LogP) is 2.44. The van der Waals surface area contributed by atoms with Gasteiger partial charge in [-0.15, -0.1) is 0 Å². The summed E-state index contributed by atoms with van der Waals surface area (Å²) in [7, 11) is 0. The molecule has 0 saturated carbocycles. The lowest BCUT2D eigenvalue weighted by Crippen LogP contribution is -2.33. The second kappa shape index (κ2) is 4.64. The molecule has 0 unspecified atom stereocenters. The molecule has 3 heteroatoms. The molecule has 86 valence electrons. The highest BCUT2D eigenvalue weighted by atomic mass is 16.1. The number of aldehydes is 1. The molecule has 1 saturated heterocycles. The third-order valence-electron chi connectivity index (χ3n) is 3.34. The van der Waals surface area contributed by atoms with E-state index in [-0.39, 0.29) is 0 Å². The van der Waals surface area contributed by atoms with Crippen LogP contribution in [0.1, 0.15) is 35.8 Å². The topological polar surface area (TPSA) is 33.2 Å². The van der Waals surface area contributed by atoms with E-state index in [1.54, 1.807) is 6.20 Å². The summed E-state index contributed by atoms with van der Waals surface area (Å²) < 4.78 is 0. The van der Waals surface area contributed by atoms with Gasteiger partial charge < -0.3 is 4.90 Å². The Bertz CT molecular complexity index is 382. The van der Waals surface area contributed by atoms with Crippen LogP contribution in [0.5, 0.6) is 0 Å². The van der Waals surface area contributed by atoms with Gasteiger partial charge in [-0.3, -0.25) is 9.78 Å². The van der Waals surface area contributed by atoms with Gasteiger partial charge in [0, 0.05) is 25.0 Å².